The predicted molar refractivity (Wildman–Crippen MR) is 108 cm³/mol. The first-order valence-electron chi connectivity index (χ1n) is 7.26. The van der Waals surface area contributed by atoms with Crippen molar-refractivity contribution in [2.24, 2.45) is 4.99 Å². The largest absolute Gasteiger partial charge is 0.357 e. The zero-order valence-electron chi connectivity index (χ0n) is 12.6. The first-order chi connectivity index (χ1) is 10.2. The van der Waals surface area contributed by atoms with E-state index in [1.54, 1.807) is 6.07 Å². The molecule has 1 fully saturated rings. The maximum Gasteiger partial charge on any atom is 0.191 e. The molecular weight excluding hydrogens is 480 g/mol. The van der Waals surface area contributed by atoms with Crippen molar-refractivity contribution in [3.63, 3.8) is 0 Å². The molecule has 7 heteroatoms. The summed E-state index contributed by atoms with van der Waals surface area (Å²) in [7, 11) is 0. The van der Waals surface area contributed by atoms with Gasteiger partial charge in [-0.15, -0.1) is 24.0 Å². The minimum Gasteiger partial charge on any atom is -0.357 e. The summed E-state index contributed by atoms with van der Waals surface area (Å²) in [4.78, 5) is 4.47. The molecule has 2 rings (SSSR count). The van der Waals surface area contributed by atoms with E-state index >= 15 is 0 Å². The van der Waals surface area contributed by atoms with Crippen molar-refractivity contribution in [1.82, 2.24) is 10.6 Å². The van der Waals surface area contributed by atoms with Crippen molar-refractivity contribution in [1.29, 1.82) is 0 Å². The molecule has 0 aromatic heterocycles. The van der Waals surface area contributed by atoms with E-state index < -0.39 is 0 Å². The highest BCUT2D eigenvalue weighted by Gasteiger charge is 2.15. The van der Waals surface area contributed by atoms with Crippen molar-refractivity contribution >= 4 is 57.6 Å². The minimum atomic E-state index is -0.227. The van der Waals surface area contributed by atoms with E-state index in [0.717, 1.165) is 23.5 Å². The van der Waals surface area contributed by atoms with Crippen LogP contribution in [0.25, 0.3) is 0 Å². The zero-order chi connectivity index (χ0) is 15.1. The summed E-state index contributed by atoms with van der Waals surface area (Å²) in [5.74, 6) is 1.78. The lowest BCUT2D eigenvalue weighted by Gasteiger charge is -2.14. The minimum absolute atomic E-state index is 0. The third-order valence-electron chi connectivity index (χ3n) is 3.29. The summed E-state index contributed by atoms with van der Waals surface area (Å²) < 4.78 is 14.5. The summed E-state index contributed by atoms with van der Waals surface area (Å²) in [6.07, 6.45) is 2.56. The highest BCUT2D eigenvalue weighted by atomic mass is 127. The predicted octanol–water partition coefficient (Wildman–Crippen LogP) is 4.16. The third kappa shape index (κ3) is 6.62. The summed E-state index contributed by atoms with van der Waals surface area (Å²) in [6, 6.07) is 5.07. The molecule has 1 unspecified atom stereocenters. The molecule has 0 spiro atoms. The molecule has 1 saturated heterocycles. The Balaban J connectivity index is 0.00000242. The molecule has 0 aliphatic carbocycles. The molecule has 22 heavy (non-hydrogen) atoms. The highest BCUT2D eigenvalue weighted by Crippen LogP contribution is 2.25. The van der Waals surface area contributed by atoms with Gasteiger partial charge in [-0.25, -0.2) is 9.38 Å². The number of hydrogen-bond acceptors (Lipinski definition) is 2. The van der Waals surface area contributed by atoms with Crippen LogP contribution in [0.2, 0.25) is 0 Å². The van der Waals surface area contributed by atoms with Gasteiger partial charge in [0.05, 0.1) is 6.54 Å². The second kappa shape index (κ2) is 10.7. The quantitative estimate of drug-likeness (QED) is 0.361. The first-order valence-corrected chi connectivity index (χ1v) is 9.11. The summed E-state index contributed by atoms with van der Waals surface area (Å²) in [6.45, 7) is 4.08. The van der Waals surface area contributed by atoms with Crippen molar-refractivity contribution in [2.75, 3.05) is 18.8 Å². The Morgan fingerprint density at radius 3 is 2.91 bits per heavy atom. The van der Waals surface area contributed by atoms with E-state index in [9.17, 15) is 4.39 Å². The van der Waals surface area contributed by atoms with Crippen LogP contribution in [0.1, 0.15) is 25.3 Å². The normalized spacial score (nSPS) is 18.0. The Hall–Kier alpha value is -0.0200. The fourth-order valence-corrected chi connectivity index (χ4v) is 3.71. The van der Waals surface area contributed by atoms with Crippen molar-refractivity contribution in [3.05, 3.63) is 34.1 Å². The Morgan fingerprint density at radius 2 is 2.27 bits per heavy atom. The first kappa shape index (κ1) is 20.0. The second-order valence-corrected chi connectivity index (χ2v) is 7.27. The van der Waals surface area contributed by atoms with E-state index in [-0.39, 0.29) is 29.8 Å². The number of nitrogens with zero attached hydrogens (tertiary/aromatic N) is 1. The molecule has 1 aromatic rings. The molecule has 1 aliphatic rings. The van der Waals surface area contributed by atoms with Gasteiger partial charge < -0.3 is 10.6 Å². The van der Waals surface area contributed by atoms with Crippen LogP contribution in [0.3, 0.4) is 0 Å². The highest BCUT2D eigenvalue weighted by molar-refractivity contribution is 14.0. The molecule has 1 aromatic carbocycles. The lowest BCUT2D eigenvalue weighted by Crippen LogP contribution is -2.40. The summed E-state index contributed by atoms with van der Waals surface area (Å²) in [5.41, 5.74) is 0.602. The van der Waals surface area contributed by atoms with Crippen LogP contribution >= 0.6 is 51.7 Å². The van der Waals surface area contributed by atoms with Gasteiger partial charge in [-0.3, -0.25) is 0 Å². The van der Waals surface area contributed by atoms with Gasteiger partial charge in [0, 0.05) is 28.4 Å². The van der Waals surface area contributed by atoms with Crippen LogP contribution < -0.4 is 10.6 Å². The number of guanidine groups is 1. The molecule has 1 aliphatic heterocycles. The van der Waals surface area contributed by atoms with E-state index in [4.69, 9.17) is 0 Å². The molecule has 3 nitrogen and oxygen atoms in total. The monoisotopic (exact) mass is 501 g/mol. The van der Waals surface area contributed by atoms with Crippen molar-refractivity contribution in [2.45, 2.75) is 31.6 Å². The number of thioether (sulfide) groups is 1. The lowest BCUT2D eigenvalue weighted by molar-refractivity contribution is 0.609. The SMILES string of the molecule is CCNC(=NCc1ccc(Br)cc1F)NCC1CCCS1.I. The number of nitrogens with one attached hydrogen (secondary N) is 2. The number of halogens is 3. The van der Waals surface area contributed by atoms with E-state index in [1.165, 1.54) is 24.7 Å². The van der Waals surface area contributed by atoms with Gasteiger partial charge in [0.15, 0.2) is 5.96 Å². The molecule has 0 radical (unpaired) electrons. The standard InChI is InChI=1S/C15H21BrFN3S.HI/c1-2-18-15(20-10-13-4-3-7-21-13)19-9-11-5-6-12(16)8-14(11)17;/h5-6,8,13H,2-4,7,9-10H2,1H3,(H2,18,19,20);1H. The van der Waals surface area contributed by atoms with Gasteiger partial charge in [0.1, 0.15) is 5.82 Å². The van der Waals surface area contributed by atoms with Gasteiger partial charge in [-0.1, -0.05) is 22.0 Å². The summed E-state index contributed by atoms with van der Waals surface area (Å²) in [5, 5.41) is 7.22. The third-order valence-corrected chi connectivity index (χ3v) is 5.18. The molecular formula is C15H22BrFIN3S. The Kier molecular flexibility index (Phi) is 9.74. The summed E-state index contributed by atoms with van der Waals surface area (Å²) >= 11 is 5.27. The fraction of sp³-hybridized carbons (Fsp3) is 0.533. The maximum absolute atomic E-state index is 13.8. The van der Waals surface area contributed by atoms with Crippen molar-refractivity contribution < 1.29 is 4.39 Å². The maximum atomic E-state index is 13.8. The van der Waals surface area contributed by atoms with E-state index in [1.807, 2.05) is 24.8 Å². The van der Waals surface area contributed by atoms with Crippen LogP contribution in [0.4, 0.5) is 4.39 Å². The van der Waals surface area contributed by atoms with Gasteiger partial charge in [-0.2, -0.15) is 11.8 Å². The zero-order valence-corrected chi connectivity index (χ0v) is 17.3. The topological polar surface area (TPSA) is 36.4 Å². The Morgan fingerprint density at radius 1 is 1.45 bits per heavy atom. The molecule has 0 saturated carbocycles. The van der Waals surface area contributed by atoms with Gasteiger partial charge >= 0.3 is 0 Å². The van der Waals surface area contributed by atoms with Crippen LogP contribution in [0, 0.1) is 5.82 Å². The number of benzene rings is 1. The molecule has 124 valence electrons. The Bertz CT molecular complexity index is 496. The molecule has 0 amide bonds. The number of aliphatic imine (C=N–C) groups is 1. The molecule has 2 N–H and O–H groups in total. The van der Waals surface area contributed by atoms with Crippen LogP contribution in [0.15, 0.2) is 27.7 Å². The lowest BCUT2D eigenvalue weighted by atomic mass is 10.2. The number of hydrogen-bond donors (Lipinski definition) is 2. The van der Waals surface area contributed by atoms with Gasteiger partial charge in [-0.05, 0) is 37.7 Å². The molecule has 1 heterocycles. The van der Waals surface area contributed by atoms with E-state index in [2.05, 4.69) is 31.6 Å². The van der Waals surface area contributed by atoms with Gasteiger partial charge in [0.2, 0.25) is 0 Å². The van der Waals surface area contributed by atoms with Crippen LogP contribution in [-0.4, -0.2) is 30.1 Å². The van der Waals surface area contributed by atoms with Crippen LogP contribution in [-0.2, 0) is 6.54 Å². The fourth-order valence-electron chi connectivity index (χ4n) is 2.17. The van der Waals surface area contributed by atoms with E-state index in [0.29, 0.717) is 17.4 Å². The average Bonchev–Trinajstić information content (AvgIpc) is 2.96. The van der Waals surface area contributed by atoms with Crippen molar-refractivity contribution in [3.8, 4) is 0 Å². The second-order valence-electron chi connectivity index (χ2n) is 4.95. The Labute approximate surface area is 161 Å². The van der Waals surface area contributed by atoms with Gasteiger partial charge in [0.25, 0.3) is 0 Å². The average molecular weight is 502 g/mol. The smallest absolute Gasteiger partial charge is 0.191 e. The van der Waals surface area contributed by atoms with Crippen LogP contribution in [0.5, 0.6) is 0 Å². The molecule has 1 atom stereocenters. The molecule has 0 bridgehead atoms. The number of rotatable bonds is 5.